The van der Waals surface area contributed by atoms with Gasteiger partial charge in [0.15, 0.2) is 0 Å². The molecule has 0 unspecified atom stereocenters. The second kappa shape index (κ2) is 7.75. The molecule has 0 bridgehead atoms. The number of benzene rings is 2. The van der Waals surface area contributed by atoms with E-state index in [4.69, 9.17) is 4.42 Å². The van der Waals surface area contributed by atoms with Crippen LogP contribution in [0.3, 0.4) is 0 Å². The summed E-state index contributed by atoms with van der Waals surface area (Å²) in [6.45, 7) is 1.82. The van der Waals surface area contributed by atoms with Crippen molar-refractivity contribution in [1.29, 1.82) is 0 Å². The van der Waals surface area contributed by atoms with Crippen LogP contribution in [-0.4, -0.2) is 23.8 Å². The maximum atomic E-state index is 12.9. The van der Waals surface area contributed by atoms with E-state index in [0.717, 1.165) is 10.5 Å². The average Bonchev–Trinajstić information content (AvgIpc) is 3.20. The van der Waals surface area contributed by atoms with Gasteiger partial charge < -0.3 is 14.3 Å². The molecule has 8 heteroatoms. The molecule has 1 aliphatic rings. The summed E-state index contributed by atoms with van der Waals surface area (Å²) in [6, 6.07) is 15.0. The van der Waals surface area contributed by atoms with Crippen molar-refractivity contribution < 1.29 is 28.7 Å². The Hall–Kier alpha value is -4.46. The fourth-order valence-electron chi connectivity index (χ4n) is 3.16. The normalized spacial score (nSPS) is 15.3. The number of barbiturate groups is 1. The summed E-state index contributed by atoms with van der Waals surface area (Å²) in [4.78, 5) is 49.2. The van der Waals surface area contributed by atoms with Gasteiger partial charge in [-0.25, -0.2) is 9.69 Å². The van der Waals surface area contributed by atoms with E-state index in [-0.39, 0.29) is 16.9 Å². The summed E-state index contributed by atoms with van der Waals surface area (Å²) in [6.07, 6.45) is 1.26. The minimum atomic E-state index is -1.29. The number of imide groups is 2. The van der Waals surface area contributed by atoms with Crippen molar-refractivity contribution >= 4 is 35.6 Å². The number of aromatic carboxylic acids is 1. The van der Waals surface area contributed by atoms with Gasteiger partial charge in [0.2, 0.25) is 0 Å². The van der Waals surface area contributed by atoms with Crippen molar-refractivity contribution in [2.75, 3.05) is 4.90 Å². The molecule has 0 saturated carbocycles. The minimum absolute atomic E-state index is 0.0306. The Morgan fingerprint density at radius 2 is 1.77 bits per heavy atom. The Labute approximate surface area is 176 Å². The molecule has 0 radical (unpaired) electrons. The first kappa shape index (κ1) is 19.8. The number of carbonyl (C=O) groups excluding carboxylic acids is 4. The van der Waals surface area contributed by atoms with Crippen molar-refractivity contribution in [3.63, 3.8) is 0 Å². The third kappa shape index (κ3) is 3.86. The lowest BCUT2D eigenvalue weighted by molar-refractivity contribution is -0.255. The number of carbonyl (C=O) groups is 4. The summed E-state index contributed by atoms with van der Waals surface area (Å²) >= 11 is 0. The van der Waals surface area contributed by atoms with Crippen LogP contribution in [0.5, 0.6) is 0 Å². The Bertz CT molecular complexity index is 1250. The van der Waals surface area contributed by atoms with Crippen molar-refractivity contribution in [2.45, 2.75) is 6.92 Å². The molecule has 3 aromatic rings. The van der Waals surface area contributed by atoms with E-state index in [0.29, 0.717) is 17.0 Å². The number of amides is 4. The van der Waals surface area contributed by atoms with Crippen LogP contribution < -0.4 is 15.3 Å². The third-order valence-electron chi connectivity index (χ3n) is 4.68. The summed E-state index contributed by atoms with van der Waals surface area (Å²) in [7, 11) is 0. The molecule has 1 fully saturated rings. The highest BCUT2D eigenvalue weighted by atomic mass is 16.4. The number of nitrogens with one attached hydrogen (secondary N) is 1. The quantitative estimate of drug-likeness (QED) is 0.516. The SMILES string of the molecule is Cc1cccc(N2C(=O)NC(=O)/C(=C/c3ccc(-c4ccc(C(=O)[O-])cc4)o3)C2=O)c1. The monoisotopic (exact) mass is 415 g/mol. The van der Waals surface area contributed by atoms with Crippen LogP contribution in [0.1, 0.15) is 21.7 Å². The minimum Gasteiger partial charge on any atom is -0.545 e. The van der Waals surface area contributed by atoms with Crippen LogP contribution in [-0.2, 0) is 9.59 Å². The smallest absolute Gasteiger partial charge is 0.335 e. The molecule has 8 nitrogen and oxygen atoms in total. The van der Waals surface area contributed by atoms with E-state index < -0.39 is 23.8 Å². The van der Waals surface area contributed by atoms with Crippen molar-refractivity contribution in [3.05, 3.63) is 83.1 Å². The molecular formula is C23H15N2O6-. The Morgan fingerprint density at radius 1 is 1.03 bits per heavy atom. The fourth-order valence-corrected chi connectivity index (χ4v) is 3.16. The van der Waals surface area contributed by atoms with E-state index in [1.165, 1.54) is 18.2 Å². The van der Waals surface area contributed by atoms with Crippen LogP contribution in [0.25, 0.3) is 17.4 Å². The molecule has 2 heterocycles. The number of anilines is 1. The molecule has 31 heavy (non-hydrogen) atoms. The van der Waals surface area contributed by atoms with Crippen molar-refractivity contribution in [2.24, 2.45) is 0 Å². The van der Waals surface area contributed by atoms with E-state index in [9.17, 15) is 24.3 Å². The average molecular weight is 415 g/mol. The molecule has 0 spiro atoms. The van der Waals surface area contributed by atoms with Crippen LogP contribution in [0, 0.1) is 6.92 Å². The number of rotatable bonds is 4. The zero-order valence-electron chi connectivity index (χ0n) is 16.2. The predicted octanol–water partition coefficient (Wildman–Crippen LogP) is 2.28. The van der Waals surface area contributed by atoms with Gasteiger partial charge in [0.1, 0.15) is 17.1 Å². The second-order valence-electron chi connectivity index (χ2n) is 6.86. The number of carboxylic acid groups (broad SMARTS) is 1. The van der Waals surface area contributed by atoms with E-state index in [1.807, 2.05) is 13.0 Å². The third-order valence-corrected chi connectivity index (χ3v) is 4.68. The van der Waals surface area contributed by atoms with Gasteiger partial charge in [-0.1, -0.05) is 36.4 Å². The number of furan rings is 1. The van der Waals surface area contributed by atoms with Gasteiger partial charge in [0.05, 0.1) is 11.7 Å². The molecule has 1 aliphatic heterocycles. The van der Waals surface area contributed by atoms with Crippen molar-refractivity contribution in [1.82, 2.24) is 5.32 Å². The molecule has 1 aromatic heterocycles. The number of nitrogens with zero attached hydrogens (tertiary/aromatic N) is 1. The van der Waals surface area contributed by atoms with Gasteiger partial charge in [0, 0.05) is 5.56 Å². The molecular weight excluding hydrogens is 400 g/mol. The first-order valence-electron chi connectivity index (χ1n) is 9.23. The number of hydrogen-bond acceptors (Lipinski definition) is 6. The molecule has 0 aliphatic carbocycles. The lowest BCUT2D eigenvalue weighted by atomic mass is 10.1. The van der Waals surface area contributed by atoms with E-state index >= 15 is 0 Å². The van der Waals surface area contributed by atoms with Gasteiger partial charge in [0.25, 0.3) is 11.8 Å². The number of carboxylic acids is 1. The molecule has 0 atom stereocenters. The highest BCUT2D eigenvalue weighted by Crippen LogP contribution is 2.26. The topological polar surface area (TPSA) is 120 Å². The van der Waals surface area contributed by atoms with Crippen LogP contribution >= 0.6 is 0 Å². The number of urea groups is 1. The Morgan fingerprint density at radius 3 is 2.45 bits per heavy atom. The van der Waals surface area contributed by atoms with Crippen molar-refractivity contribution in [3.8, 4) is 11.3 Å². The maximum absolute atomic E-state index is 12.9. The Balaban J connectivity index is 1.64. The first-order chi connectivity index (χ1) is 14.8. The summed E-state index contributed by atoms with van der Waals surface area (Å²) in [5.74, 6) is -2.25. The van der Waals surface area contributed by atoms with Gasteiger partial charge >= 0.3 is 6.03 Å². The van der Waals surface area contributed by atoms with Gasteiger partial charge in [-0.2, -0.15) is 0 Å². The molecule has 1 saturated heterocycles. The highest BCUT2D eigenvalue weighted by molar-refractivity contribution is 6.39. The van der Waals surface area contributed by atoms with Gasteiger partial charge in [-0.15, -0.1) is 0 Å². The number of aryl methyl sites for hydroxylation is 1. The number of hydrogen-bond donors (Lipinski definition) is 1. The van der Waals surface area contributed by atoms with E-state index in [1.54, 1.807) is 42.5 Å². The predicted molar refractivity (Wildman–Crippen MR) is 109 cm³/mol. The molecule has 4 rings (SSSR count). The molecule has 1 N–H and O–H groups in total. The fraction of sp³-hybridized carbons (Fsp3) is 0.0435. The lowest BCUT2D eigenvalue weighted by Crippen LogP contribution is -2.54. The van der Waals surface area contributed by atoms with E-state index in [2.05, 4.69) is 5.32 Å². The second-order valence-corrected chi connectivity index (χ2v) is 6.86. The summed E-state index contributed by atoms with van der Waals surface area (Å²) in [5.41, 5.74) is 1.57. The molecule has 4 amide bonds. The summed E-state index contributed by atoms with van der Waals surface area (Å²) < 4.78 is 5.68. The van der Waals surface area contributed by atoms with Gasteiger partial charge in [-0.05, 0) is 48.4 Å². The molecule has 154 valence electrons. The standard InChI is InChI=1S/C23H16N2O6/c1-13-3-2-4-16(11-13)25-21(27)18(20(26)24-23(25)30)12-17-9-10-19(31-17)14-5-7-15(8-6-14)22(28)29/h2-12H,1H3,(H,28,29)(H,24,26,30)/p-1/b18-12-. The zero-order valence-corrected chi connectivity index (χ0v) is 16.2. The lowest BCUT2D eigenvalue weighted by Gasteiger charge is -2.26. The van der Waals surface area contributed by atoms with Crippen LogP contribution in [0.2, 0.25) is 0 Å². The summed E-state index contributed by atoms with van der Waals surface area (Å²) in [5, 5.41) is 13.0. The van der Waals surface area contributed by atoms with Gasteiger partial charge in [-0.3, -0.25) is 14.9 Å². The van der Waals surface area contributed by atoms with Crippen LogP contribution in [0.4, 0.5) is 10.5 Å². The largest absolute Gasteiger partial charge is 0.545 e. The zero-order chi connectivity index (χ0) is 22.1. The maximum Gasteiger partial charge on any atom is 0.335 e. The van der Waals surface area contributed by atoms with Crippen LogP contribution in [0.15, 0.2) is 70.7 Å². The highest BCUT2D eigenvalue weighted by Gasteiger charge is 2.37. The molecule has 2 aromatic carbocycles. The Kier molecular flexibility index (Phi) is 4.96. The first-order valence-corrected chi connectivity index (χ1v) is 9.23.